The van der Waals surface area contributed by atoms with Gasteiger partial charge in [-0.15, -0.1) is 0 Å². The number of aryl methyl sites for hydroxylation is 1. The van der Waals surface area contributed by atoms with Crippen molar-refractivity contribution < 1.29 is 27.8 Å². The van der Waals surface area contributed by atoms with Gasteiger partial charge in [-0.2, -0.15) is 13.2 Å². The van der Waals surface area contributed by atoms with E-state index in [0.29, 0.717) is 16.8 Å². The number of nitrogens with zero attached hydrogens (tertiary/aromatic N) is 1. The van der Waals surface area contributed by atoms with Gasteiger partial charge in [0, 0.05) is 17.8 Å². The molecular weight excluding hydrogens is 455 g/mol. The molecule has 2 atom stereocenters. The molecule has 0 radical (unpaired) electrons. The predicted molar refractivity (Wildman–Crippen MR) is 134 cm³/mol. The van der Waals surface area contributed by atoms with Crippen LogP contribution in [0.1, 0.15) is 43.4 Å². The molecule has 0 aromatic heterocycles. The lowest BCUT2D eigenvalue weighted by atomic mass is 9.91. The van der Waals surface area contributed by atoms with Gasteiger partial charge < -0.3 is 14.6 Å². The van der Waals surface area contributed by atoms with Crippen LogP contribution in [0.2, 0.25) is 0 Å². The molecule has 1 N–H and O–H groups in total. The van der Waals surface area contributed by atoms with Crippen LogP contribution in [0.4, 0.5) is 18.9 Å². The highest BCUT2D eigenvalue weighted by Gasteiger charge is 2.56. The number of benzene rings is 3. The molecule has 35 heavy (non-hydrogen) atoms. The zero-order chi connectivity index (χ0) is 25.6. The Morgan fingerprint density at radius 3 is 2.43 bits per heavy atom. The first-order valence-electron chi connectivity index (χ1n) is 11.7. The van der Waals surface area contributed by atoms with Gasteiger partial charge in [-0.3, -0.25) is 4.99 Å². The van der Waals surface area contributed by atoms with Crippen LogP contribution >= 0.6 is 0 Å². The zero-order valence-corrected chi connectivity index (χ0v) is 20.5. The summed E-state index contributed by atoms with van der Waals surface area (Å²) in [5.41, 5.74) is -1.95. The Labute approximate surface area is 204 Å². The lowest BCUT2D eigenvalue weighted by Crippen LogP contribution is -2.46. The van der Waals surface area contributed by atoms with E-state index in [2.05, 4.69) is 11.9 Å². The first-order valence-corrected chi connectivity index (χ1v) is 11.7. The minimum Gasteiger partial charge on any atom is -0.496 e. The summed E-state index contributed by atoms with van der Waals surface area (Å²) >= 11 is 0. The van der Waals surface area contributed by atoms with Crippen molar-refractivity contribution in [3.8, 4) is 5.75 Å². The molecule has 4 nitrogen and oxygen atoms in total. The van der Waals surface area contributed by atoms with Crippen molar-refractivity contribution in [1.82, 2.24) is 0 Å². The molecule has 3 aromatic rings. The van der Waals surface area contributed by atoms with Crippen LogP contribution in [-0.4, -0.2) is 31.2 Å². The number of ether oxygens (including phenoxy) is 2. The van der Waals surface area contributed by atoms with E-state index in [9.17, 15) is 18.3 Å². The van der Waals surface area contributed by atoms with Gasteiger partial charge in [-0.25, -0.2) is 0 Å². The number of rotatable bonds is 10. The van der Waals surface area contributed by atoms with Crippen LogP contribution in [0.3, 0.4) is 0 Å². The maximum atomic E-state index is 14.2. The number of aliphatic hydroxyl groups is 1. The van der Waals surface area contributed by atoms with Crippen molar-refractivity contribution in [2.24, 2.45) is 10.9 Å². The Hall–Kier alpha value is -2.90. The Morgan fingerprint density at radius 1 is 1.06 bits per heavy atom. The highest BCUT2D eigenvalue weighted by Crippen LogP contribution is 2.45. The normalized spacial score (nSPS) is 14.9. The molecule has 0 aliphatic heterocycles. The molecule has 0 bridgehead atoms. The summed E-state index contributed by atoms with van der Waals surface area (Å²) in [7, 11) is 1.27. The van der Waals surface area contributed by atoms with Crippen LogP contribution in [0.15, 0.2) is 59.6 Å². The first-order chi connectivity index (χ1) is 16.6. The van der Waals surface area contributed by atoms with Crippen LogP contribution in [-0.2, 0) is 16.9 Å². The van der Waals surface area contributed by atoms with E-state index in [1.54, 1.807) is 19.2 Å². The van der Waals surface area contributed by atoms with Gasteiger partial charge in [-0.1, -0.05) is 56.7 Å². The van der Waals surface area contributed by atoms with Gasteiger partial charge in [-0.05, 0) is 53.3 Å². The third-order valence-electron chi connectivity index (χ3n) is 6.04. The molecular formula is C28H32F3NO3. The van der Waals surface area contributed by atoms with Crippen LogP contribution in [0.25, 0.3) is 10.8 Å². The highest BCUT2D eigenvalue weighted by molar-refractivity contribution is 5.82. The van der Waals surface area contributed by atoms with E-state index >= 15 is 0 Å². The number of alkyl halides is 3. The summed E-state index contributed by atoms with van der Waals surface area (Å²) in [6.45, 7) is 4.71. The van der Waals surface area contributed by atoms with Crippen LogP contribution in [0, 0.1) is 12.8 Å². The fraction of sp³-hybridized carbons (Fsp3) is 0.393. The number of halogens is 3. The van der Waals surface area contributed by atoms with E-state index in [1.165, 1.54) is 19.2 Å². The van der Waals surface area contributed by atoms with Gasteiger partial charge in [0.15, 0.2) is 0 Å². The average Bonchev–Trinajstić information content (AvgIpc) is 2.82. The van der Waals surface area contributed by atoms with Crippen molar-refractivity contribution in [1.29, 1.82) is 0 Å². The van der Waals surface area contributed by atoms with E-state index in [0.717, 1.165) is 23.6 Å². The van der Waals surface area contributed by atoms with Gasteiger partial charge in [0.2, 0.25) is 5.60 Å². The maximum Gasteiger partial charge on any atom is 0.423 e. The largest absolute Gasteiger partial charge is 0.496 e. The minimum absolute atomic E-state index is 0.0811. The van der Waals surface area contributed by atoms with Crippen molar-refractivity contribution in [2.45, 2.75) is 52.0 Å². The third kappa shape index (κ3) is 6.21. The lowest BCUT2D eigenvalue weighted by Gasteiger charge is -2.32. The summed E-state index contributed by atoms with van der Waals surface area (Å²) in [4.78, 5) is 4.45. The minimum atomic E-state index is -4.99. The molecule has 3 rings (SSSR count). The Morgan fingerprint density at radius 2 is 1.77 bits per heavy atom. The average molecular weight is 488 g/mol. The third-order valence-corrected chi connectivity index (χ3v) is 6.04. The summed E-state index contributed by atoms with van der Waals surface area (Å²) < 4.78 is 53.3. The van der Waals surface area contributed by atoms with Crippen LogP contribution in [0.5, 0.6) is 5.75 Å². The van der Waals surface area contributed by atoms with E-state index in [1.807, 2.05) is 43.3 Å². The Balaban J connectivity index is 1.87. The molecule has 2 unspecified atom stereocenters. The molecule has 0 aliphatic carbocycles. The van der Waals surface area contributed by atoms with Gasteiger partial charge in [0.25, 0.3) is 0 Å². The molecule has 0 aliphatic rings. The maximum absolute atomic E-state index is 14.2. The van der Waals surface area contributed by atoms with Crippen molar-refractivity contribution in [3.05, 3.63) is 71.3 Å². The molecule has 3 aromatic carbocycles. The summed E-state index contributed by atoms with van der Waals surface area (Å²) in [5, 5.41) is 12.9. The quantitative estimate of drug-likeness (QED) is 0.306. The number of fused-ring (bicyclic) bond motifs is 1. The fourth-order valence-electron chi connectivity index (χ4n) is 4.00. The molecule has 7 heteroatoms. The van der Waals surface area contributed by atoms with Gasteiger partial charge in [0.1, 0.15) is 5.75 Å². The number of hydrogen-bond acceptors (Lipinski definition) is 4. The van der Waals surface area contributed by atoms with Crippen molar-refractivity contribution >= 4 is 22.7 Å². The second kappa shape index (κ2) is 11.2. The van der Waals surface area contributed by atoms with E-state index in [4.69, 9.17) is 9.47 Å². The van der Waals surface area contributed by atoms with E-state index < -0.39 is 23.9 Å². The standard InChI is InChI=1S/C28H32F3NO3/c1-5-8-19(2)16-32-25-15-26(34-4)24(13-20(25)3)27(33,28(29,30)31)18-35-17-21-11-12-22-9-6-7-10-23(22)14-21/h6-7,9-16,19,33H,5,8,17-18H2,1-4H3. The predicted octanol–water partition coefficient (Wildman–Crippen LogP) is 7.26. The molecule has 0 saturated carbocycles. The molecule has 0 saturated heterocycles. The fourth-order valence-corrected chi connectivity index (χ4v) is 4.00. The topological polar surface area (TPSA) is 51.0 Å². The molecule has 0 amide bonds. The van der Waals surface area contributed by atoms with Crippen LogP contribution < -0.4 is 4.74 Å². The number of methoxy groups -OCH3 is 1. The van der Waals surface area contributed by atoms with Crippen molar-refractivity contribution in [2.75, 3.05) is 13.7 Å². The van der Waals surface area contributed by atoms with Gasteiger partial charge in [0.05, 0.1) is 26.0 Å². The zero-order valence-electron chi connectivity index (χ0n) is 20.5. The summed E-state index contributed by atoms with van der Waals surface area (Å²) in [5.74, 6) is 0.140. The monoisotopic (exact) mass is 487 g/mol. The Kier molecular flexibility index (Phi) is 8.56. The number of hydrogen-bond donors (Lipinski definition) is 1. The molecule has 188 valence electrons. The SMILES string of the molecule is CCCC(C)C=Nc1cc(OC)c(C(O)(COCc2ccc3ccccc3c2)C(F)(F)F)cc1C. The summed E-state index contributed by atoms with van der Waals surface area (Å²) in [6.07, 6.45) is -1.24. The second-order valence-electron chi connectivity index (χ2n) is 8.92. The number of aliphatic imine (C=N–C) groups is 1. The lowest BCUT2D eigenvalue weighted by molar-refractivity contribution is -0.283. The second-order valence-corrected chi connectivity index (χ2v) is 8.92. The highest BCUT2D eigenvalue weighted by atomic mass is 19.4. The Bertz CT molecular complexity index is 1180. The molecule has 0 fully saturated rings. The summed E-state index contributed by atoms with van der Waals surface area (Å²) in [6, 6.07) is 15.9. The van der Waals surface area contributed by atoms with E-state index in [-0.39, 0.29) is 18.3 Å². The molecule has 0 spiro atoms. The first kappa shape index (κ1) is 26.7. The van der Waals surface area contributed by atoms with Crippen molar-refractivity contribution in [3.63, 3.8) is 0 Å². The smallest absolute Gasteiger partial charge is 0.423 e. The van der Waals surface area contributed by atoms with Gasteiger partial charge >= 0.3 is 6.18 Å². The molecule has 0 heterocycles.